The molecule has 0 bridgehead atoms. The number of carbonyl (C=O) groups excluding carboxylic acids is 2. The summed E-state index contributed by atoms with van der Waals surface area (Å²) in [5, 5.41) is 19.7. The van der Waals surface area contributed by atoms with E-state index in [9.17, 15) is 14.0 Å². The third-order valence-corrected chi connectivity index (χ3v) is 7.96. The fourth-order valence-electron chi connectivity index (χ4n) is 3.99. The molecule has 0 saturated heterocycles. The molecule has 0 fully saturated rings. The van der Waals surface area contributed by atoms with E-state index in [-0.39, 0.29) is 42.6 Å². The zero-order valence-electron chi connectivity index (χ0n) is 21.0. The molecule has 1 atom stereocenters. The lowest BCUT2D eigenvalue weighted by molar-refractivity contribution is -0.130. The number of para-hydroxylation sites is 1. The third-order valence-electron chi connectivity index (χ3n) is 6.03. The summed E-state index contributed by atoms with van der Waals surface area (Å²) in [7, 11) is 1.78. The number of hydrogen-bond acceptors (Lipinski definition) is 8. The molecule has 0 aliphatic carbocycles. The van der Waals surface area contributed by atoms with Crippen LogP contribution in [0.5, 0.6) is 5.75 Å². The van der Waals surface area contributed by atoms with Crippen molar-refractivity contribution < 1.29 is 18.7 Å². The number of nitrogens with zero attached hydrogens (tertiary/aromatic N) is 5. The zero-order valence-corrected chi connectivity index (χ0v) is 22.6. The second-order valence-corrected chi connectivity index (χ2v) is 10.5. The number of benzene rings is 2. The van der Waals surface area contributed by atoms with Crippen molar-refractivity contribution in [1.82, 2.24) is 25.1 Å². The van der Waals surface area contributed by atoms with Gasteiger partial charge < -0.3 is 14.6 Å². The Labute approximate surface area is 232 Å². The van der Waals surface area contributed by atoms with Gasteiger partial charge in [0.1, 0.15) is 11.6 Å². The first-order chi connectivity index (χ1) is 19.0. The van der Waals surface area contributed by atoms with Gasteiger partial charge in [0.2, 0.25) is 0 Å². The van der Waals surface area contributed by atoms with Crippen molar-refractivity contribution in [1.29, 1.82) is 0 Å². The van der Waals surface area contributed by atoms with Crippen molar-refractivity contribution in [3.8, 4) is 5.75 Å². The molecule has 2 aromatic carbocycles. The number of hydrogen-bond donors (Lipinski definition) is 1. The third kappa shape index (κ3) is 6.52. The van der Waals surface area contributed by atoms with Crippen LogP contribution in [0.3, 0.4) is 0 Å². The Morgan fingerprint density at radius 2 is 1.90 bits per heavy atom. The molecule has 200 valence electrons. The van der Waals surface area contributed by atoms with E-state index in [2.05, 4.69) is 20.6 Å². The summed E-state index contributed by atoms with van der Waals surface area (Å²) in [6, 6.07) is 18.8. The molecule has 1 N–H and O–H groups in total. The van der Waals surface area contributed by atoms with Crippen molar-refractivity contribution >= 4 is 40.6 Å². The van der Waals surface area contributed by atoms with Gasteiger partial charge in [0.05, 0.1) is 28.9 Å². The first-order valence-corrected chi connectivity index (χ1v) is 14.0. The molecule has 5 rings (SSSR count). The minimum absolute atomic E-state index is 0.0855. The van der Waals surface area contributed by atoms with Crippen molar-refractivity contribution in [3.05, 3.63) is 94.2 Å². The molecule has 1 aliphatic heterocycles. The molecule has 1 aliphatic rings. The smallest absolute Gasteiger partial charge is 0.258 e. The van der Waals surface area contributed by atoms with Crippen LogP contribution in [0.15, 0.2) is 82.4 Å². The Balaban J connectivity index is 1.19. The van der Waals surface area contributed by atoms with E-state index in [1.54, 1.807) is 47.2 Å². The van der Waals surface area contributed by atoms with E-state index in [0.29, 0.717) is 23.2 Å². The highest BCUT2D eigenvalue weighted by Gasteiger charge is 2.33. The van der Waals surface area contributed by atoms with Gasteiger partial charge in [-0.1, -0.05) is 48.2 Å². The van der Waals surface area contributed by atoms with Gasteiger partial charge in [0.25, 0.3) is 11.8 Å². The summed E-state index contributed by atoms with van der Waals surface area (Å²) in [6.07, 6.45) is 0.546. The Morgan fingerprint density at radius 1 is 1.10 bits per heavy atom. The number of nitrogens with one attached hydrogen (secondary N) is 1. The fourth-order valence-corrected chi connectivity index (χ4v) is 5.49. The van der Waals surface area contributed by atoms with Crippen molar-refractivity contribution in [3.63, 3.8) is 0 Å². The fraction of sp³-hybridized carbons (Fsp3) is 0.222. The normalized spacial score (nSPS) is 14.8. The maximum Gasteiger partial charge on any atom is 0.258 e. The first-order valence-electron chi connectivity index (χ1n) is 12.1. The monoisotopic (exact) mass is 564 g/mol. The van der Waals surface area contributed by atoms with E-state index in [4.69, 9.17) is 4.74 Å². The van der Waals surface area contributed by atoms with Gasteiger partial charge in [-0.05, 0) is 41.3 Å². The van der Waals surface area contributed by atoms with E-state index in [1.165, 1.54) is 28.9 Å². The second-order valence-electron chi connectivity index (χ2n) is 8.66. The molecule has 12 heteroatoms. The standard InChI is InChI=1S/C27H25FN6O3S2/c1-33-24(15-29-25(35)16-37-20-6-3-2-4-7-20)30-31-27(33)39-17-26(36)34-22(18-9-11-19(28)12-10-18)14-21(32-34)23-8-5-13-38-23/h2-13,22H,14-17H2,1H3,(H,29,35)/t22-/m1/s1. The number of halogens is 1. The predicted molar refractivity (Wildman–Crippen MR) is 147 cm³/mol. The summed E-state index contributed by atoms with van der Waals surface area (Å²) < 4.78 is 20.7. The number of rotatable bonds is 10. The van der Waals surface area contributed by atoms with E-state index in [1.807, 2.05) is 35.7 Å². The van der Waals surface area contributed by atoms with Crippen LogP contribution in [-0.4, -0.2) is 49.7 Å². The highest BCUT2D eigenvalue weighted by molar-refractivity contribution is 7.99. The SMILES string of the molecule is Cn1c(CNC(=O)COc2ccccc2)nnc1SCC(=O)N1N=C(c2cccs2)C[C@@H]1c1ccc(F)cc1. The van der Waals surface area contributed by atoms with Crippen molar-refractivity contribution in [2.24, 2.45) is 12.1 Å². The van der Waals surface area contributed by atoms with Gasteiger partial charge in [-0.15, -0.1) is 21.5 Å². The van der Waals surface area contributed by atoms with Crippen LogP contribution in [0.2, 0.25) is 0 Å². The van der Waals surface area contributed by atoms with Crippen molar-refractivity contribution in [2.45, 2.75) is 24.2 Å². The summed E-state index contributed by atoms with van der Waals surface area (Å²) in [5.74, 6) is 0.427. The molecule has 2 aromatic heterocycles. The number of thiophene rings is 1. The Hall–Kier alpha value is -4.03. The maximum absolute atomic E-state index is 13.5. The van der Waals surface area contributed by atoms with E-state index in [0.717, 1.165) is 16.2 Å². The number of ether oxygens (including phenoxy) is 1. The molecule has 0 spiro atoms. The largest absolute Gasteiger partial charge is 0.484 e. The molecule has 0 saturated carbocycles. The lowest BCUT2D eigenvalue weighted by Crippen LogP contribution is -2.29. The van der Waals surface area contributed by atoms with Gasteiger partial charge in [-0.3, -0.25) is 9.59 Å². The quantitative estimate of drug-likeness (QED) is 0.290. The van der Waals surface area contributed by atoms with Gasteiger partial charge >= 0.3 is 0 Å². The molecule has 3 heterocycles. The second kappa shape index (κ2) is 12.2. The Bertz CT molecular complexity index is 1460. The maximum atomic E-state index is 13.5. The lowest BCUT2D eigenvalue weighted by Gasteiger charge is -2.21. The van der Waals surface area contributed by atoms with Gasteiger partial charge in [0.15, 0.2) is 17.6 Å². The molecule has 4 aromatic rings. The van der Waals surface area contributed by atoms with Crippen LogP contribution < -0.4 is 10.1 Å². The number of hydrazone groups is 1. The number of amides is 2. The molecule has 0 radical (unpaired) electrons. The lowest BCUT2D eigenvalue weighted by atomic mass is 10.0. The Morgan fingerprint density at radius 3 is 2.64 bits per heavy atom. The average molecular weight is 565 g/mol. The van der Waals surface area contributed by atoms with Crippen LogP contribution in [0.4, 0.5) is 4.39 Å². The highest BCUT2D eigenvalue weighted by Crippen LogP contribution is 2.34. The molecule has 0 unspecified atom stereocenters. The van der Waals surface area contributed by atoms with E-state index < -0.39 is 0 Å². The van der Waals surface area contributed by atoms with Crippen LogP contribution in [0, 0.1) is 5.82 Å². The summed E-state index contributed by atoms with van der Waals surface area (Å²) in [4.78, 5) is 26.5. The van der Waals surface area contributed by atoms with Gasteiger partial charge in [-0.2, -0.15) is 5.10 Å². The minimum atomic E-state index is -0.331. The van der Waals surface area contributed by atoms with Crippen LogP contribution in [-0.2, 0) is 23.2 Å². The number of thioether (sulfide) groups is 1. The first kappa shape index (κ1) is 26.6. The average Bonchev–Trinajstić information content (AvgIpc) is 3.71. The van der Waals surface area contributed by atoms with Gasteiger partial charge in [-0.25, -0.2) is 9.40 Å². The molecular weight excluding hydrogens is 539 g/mol. The van der Waals surface area contributed by atoms with Crippen molar-refractivity contribution in [2.75, 3.05) is 12.4 Å². The van der Waals surface area contributed by atoms with Crippen LogP contribution in [0.25, 0.3) is 0 Å². The number of aromatic nitrogens is 3. The molecule has 39 heavy (non-hydrogen) atoms. The molecule has 9 nitrogen and oxygen atoms in total. The summed E-state index contributed by atoms with van der Waals surface area (Å²) in [6.45, 7) is 0.0548. The van der Waals surface area contributed by atoms with Crippen LogP contribution >= 0.6 is 23.1 Å². The molecule has 2 amide bonds. The van der Waals surface area contributed by atoms with E-state index >= 15 is 0 Å². The zero-order chi connectivity index (χ0) is 27.2. The van der Waals surface area contributed by atoms with Gasteiger partial charge in [0, 0.05) is 13.5 Å². The summed E-state index contributed by atoms with van der Waals surface area (Å²) in [5.41, 5.74) is 1.64. The molecular formula is C27H25FN6O3S2. The topological polar surface area (TPSA) is 102 Å². The number of carbonyl (C=O) groups is 2. The minimum Gasteiger partial charge on any atom is -0.484 e. The Kier molecular flexibility index (Phi) is 8.33. The summed E-state index contributed by atoms with van der Waals surface area (Å²) >= 11 is 2.80. The highest BCUT2D eigenvalue weighted by atomic mass is 32.2. The van der Waals surface area contributed by atoms with Crippen LogP contribution in [0.1, 0.15) is 28.7 Å². The predicted octanol–water partition coefficient (Wildman–Crippen LogP) is 4.18.